The minimum Gasteiger partial charge on any atom is -0.395 e. The molecule has 0 aromatic rings. The summed E-state index contributed by atoms with van der Waals surface area (Å²) in [7, 11) is 0. The van der Waals surface area contributed by atoms with Gasteiger partial charge in [-0.25, -0.2) is 0 Å². The Bertz CT molecular complexity index is 33.2. The summed E-state index contributed by atoms with van der Waals surface area (Å²) < 4.78 is 0. The fourth-order valence-electron chi connectivity index (χ4n) is 0.283. The number of hydrogen-bond donors (Lipinski definition) is 3. The fourth-order valence-corrected chi connectivity index (χ4v) is 0.283. The summed E-state index contributed by atoms with van der Waals surface area (Å²) in [5.74, 6) is 0. The normalized spacial score (nSPS) is 8.25. The van der Waals surface area contributed by atoms with E-state index in [-0.39, 0.29) is 30.3 Å². The van der Waals surface area contributed by atoms with Gasteiger partial charge in [-0.15, -0.1) is 0 Å². The maximum Gasteiger partial charge on any atom is 0.0555 e. The molecule has 0 saturated heterocycles. The summed E-state index contributed by atoms with van der Waals surface area (Å²) in [6.45, 7) is 1.42. The van der Waals surface area contributed by atoms with Crippen LogP contribution in [0.2, 0.25) is 0 Å². The van der Waals surface area contributed by atoms with E-state index in [1.807, 2.05) is 0 Å². The van der Waals surface area contributed by atoms with Crippen molar-refractivity contribution in [2.75, 3.05) is 26.3 Å². The molecule has 0 atom stereocenters. The zero-order valence-corrected chi connectivity index (χ0v) is 5.78. The number of aliphatic hydroxyl groups excluding tert-OH is 2. The number of rotatable bonds is 4. The van der Waals surface area contributed by atoms with Crippen molar-refractivity contribution in [2.45, 2.75) is 0 Å². The van der Waals surface area contributed by atoms with Crippen LogP contribution in [0.5, 0.6) is 0 Å². The van der Waals surface area contributed by atoms with Gasteiger partial charge in [0, 0.05) is 30.2 Å². The molecule has 0 aliphatic rings. The van der Waals surface area contributed by atoms with Crippen molar-refractivity contribution in [1.82, 2.24) is 5.32 Å². The van der Waals surface area contributed by atoms with E-state index in [1.54, 1.807) is 0 Å². The van der Waals surface area contributed by atoms with Gasteiger partial charge in [0.15, 0.2) is 0 Å². The van der Waals surface area contributed by atoms with Crippen LogP contribution in [-0.4, -0.2) is 36.5 Å². The predicted molar refractivity (Wildman–Crippen MR) is 27.0 cm³/mol. The third-order valence-corrected chi connectivity index (χ3v) is 0.577. The van der Waals surface area contributed by atoms with Crippen molar-refractivity contribution >= 4 is 0 Å². The molecule has 0 aromatic heterocycles. The van der Waals surface area contributed by atoms with E-state index in [0.29, 0.717) is 13.1 Å². The quantitative estimate of drug-likeness (QED) is 0.348. The predicted octanol–water partition coefficient (Wildman–Crippen LogP) is -1.44. The molecular weight excluding hydrogens is 149 g/mol. The van der Waals surface area contributed by atoms with Crippen molar-refractivity contribution in [3.63, 3.8) is 0 Å². The minimum absolute atomic E-state index is 0. The summed E-state index contributed by atoms with van der Waals surface area (Å²) in [6, 6.07) is 0. The first-order valence-electron chi connectivity index (χ1n) is 2.34. The van der Waals surface area contributed by atoms with E-state index in [1.165, 1.54) is 0 Å². The molecule has 0 heterocycles. The molecule has 1 radical (unpaired) electrons. The molecular formula is C4H11MnNO2. The SMILES string of the molecule is OCCNCCO.[Mn]. The standard InChI is InChI=1S/C4H11NO2.Mn/c6-3-1-5-2-4-7;/h5-7H,1-4H2;. The molecule has 0 saturated carbocycles. The van der Waals surface area contributed by atoms with E-state index >= 15 is 0 Å². The fraction of sp³-hybridized carbons (Fsp3) is 1.00. The van der Waals surface area contributed by atoms with Gasteiger partial charge in [-0.1, -0.05) is 0 Å². The number of hydrogen-bond acceptors (Lipinski definition) is 3. The Morgan fingerprint density at radius 1 is 1.00 bits per heavy atom. The first-order valence-corrected chi connectivity index (χ1v) is 2.34. The van der Waals surface area contributed by atoms with Gasteiger partial charge in [0.1, 0.15) is 0 Å². The van der Waals surface area contributed by atoms with Crippen molar-refractivity contribution in [3.8, 4) is 0 Å². The Morgan fingerprint density at radius 2 is 1.38 bits per heavy atom. The molecule has 51 valence electrons. The monoisotopic (exact) mass is 160 g/mol. The van der Waals surface area contributed by atoms with Crippen molar-refractivity contribution < 1.29 is 27.3 Å². The molecule has 3 nitrogen and oxygen atoms in total. The van der Waals surface area contributed by atoms with E-state index in [2.05, 4.69) is 5.32 Å². The minimum atomic E-state index is 0. The van der Waals surface area contributed by atoms with Crippen molar-refractivity contribution in [2.24, 2.45) is 0 Å². The molecule has 0 aliphatic heterocycles. The van der Waals surface area contributed by atoms with E-state index in [0.717, 1.165) is 0 Å². The maximum atomic E-state index is 8.15. The van der Waals surface area contributed by atoms with Gasteiger partial charge >= 0.3 is 0 Å². The van der Waals surface area contributed by atoms with Gasteiger partial charge in [-0.05, 0) is 0 Å². The average Bonchev–Trinajstić information content (AvgIpc) is 1.69. The van der Waals surface area contributed by atoms with Crippen LogP contribution >= 0.6 is 0 Å². The van der Waals surface area contributed by atoms with Gasteiger partial charge < -0.3 is 15.5 Å². The average molecular weight is 160 g/mol. The smallest absolute Gasteiger partial charge is 0.0555 e. The summed E-state index contributed by atoms with van der Waals surface area (Å²) in [5.41, 5.74) is 0. The van der Waals surface area contributed by atoms with E-state index in [4.69, 9.17) is 10.2 Å². The molecule has 0 spiro atoms. The Balaban J connectivity index is 0. The van der Waals surface area contributed by atoms with Crippen LogP contribution in [0, 0.1) is 0 Å². The van der Waals surface area contributed by atoms with Crippen LogP contribution in [0.25, 0.3) is 0 Å². The van der Waals surface area contributed by atoms with Crippen molar-refractivity contribution in [1.29, 1.82) is 0 Å². The third kappa shape index (κ3) is 9.64. The molecule has 0 bridgehead atoms. The van der Waals surface area contributed by atoms with Gasteiger partial charge in [0.2, 0.25) is 0 Å². The Hall–Kier alpha value is 0.399. The van der Waals surface area contributed by atoms with Crippen LogP contribution in [-0.2, 0) is 17.1 Å². The van der Waals surface area contributed by atoms with Crippen molar-refractivity contribution in [3.05, 3.63) is 0 Å². The Morgan fingerprint density at radius 3 is 1.62 bits per heavy atom. The Kier molecular flexibility index (Phi) is 14.6. The van der Waals surface area contributed by atoms with Crippen LogP contribution in [0.3, 0.4) is 0 Å². The summed E-state index contributed by atoms with van der Waals surface area (Å²) >= 11 is 0. The second kappa shape index (κ2) is 10.4. The maximum absolute atomic E-state index is 8.15. The first-order chi connectivity index (χ1) is 3.41. The zero-order valence-electron chi connectivity index (χ0n) is 4.60. The Labute approximate surface area is 59.6 Å². The molecule has 0 amide bonds. The van der Waals surface area contributed by atoms with Crippen LogP contribution < -0.4 is 5.32 Å². The van der Waals surface area contributed by atoms with Gasteiger partial charge in [0.25, 0.3) is 0 Å². The first kappa shape index (κ1) is 11.2. The van der Waals surface area contributed by atoms with E-state index < -0.39 is 0 Å². The van der Waals surface area contributed by atoms with Gasteiger partial charge in [-0.2, -0.15) is 0 Å². The molecule has 4 heteroatoms. The molecule has 8 heavy (non-hydrogen) atoms. The molecule has 0 fully saturated rings. The third-order valence-electron chi connectivity index (χ3n) is 0.577. The topological polar surface area (TPSA) is 52.5 Å². The summed E-state index contributed by atoms with van der Waals surface area (Å²) in [6.07, 6.45) is 0. The summed E-state index contributed by atoms with van der Waals surface area (Å²) in [4.78, 5) is 0. The zero-order chi connectivity index (χ0) is 5.54. The second-order valence-corrected chi connectivity index (χ2v) is 1.20. The van der Waals surface area contributed by atoms with Crippen LogP contribution in [0.15, 0.2) is 0 Å². The molecule has 0 aromatic carbocycles. The number of nitrogens with one attached hydrogen (secondary N) is 1. The number of aliphatic hydroxyl groups is 2. The van der Waals surface area contributed by atoms with Crippen LogP contribution in [0.4, 0.5) is 0 Å². The molecule has 0 unspecified atom stereocenters. The van der Waals surface area contributed by atoms with Gasteiger partial charge in [-0.3, -0.25) is 0 Å². The van der Waals surface area contributed by atoms with E-state index in [9.17, 15) is 0 Å². The van der Waals surface area contributed by atoms with Gasteiger partial charge in [0.05, 0.1) is 13.2 Å². The second-order valence-electron chi connectivity index (χ2n) is 1.20. The molecule has 0 aliphatic carbocycles. The molecule has 0 rings (SSSR count). The molecule has 3 N–H and O–H groups in total. The summed E-state index contributed by atoms with van der Waals surface area (Å²) in [5, 5.41) is 19.1. The largest absolute Gasteiger partial charge is 0.395 e. The van der Waals surface area contributed by atoms with Crippen LogP contribution in [0.1, 0.15) is 0 Å².